The molecule has 0 aliphatic heterocycles. The largest absolute Gasteiger partial charge is 0.396 e. The summed E-state index contributed by atoms with van der Waals surface area (Å²) in [5.74, 6) is 0. The highest BCUT2D eigenvalue weighted by Gasteiger charge is 2.15. The predicted molar refractivity (Wildman–Crippen MR) is 79.7 cm³/mol. The van der Waals surface area contributed by atoms with E-state index in [4.69, 9.17) is 5.73 Å². The van der Waals surface area contributed by atoms with E-state index in [0.29, 0.717) is 22.7 Å². The fraction of sp³-hybridized carbons (Fsp3) is 0. The maximum atomic E-state index is 12.2. The summed E-state index contributed by atoms with van der Waals surface area (Å²) in [5.41, 5.74) is 8.52. The summed E-state index contributed by atoms with van der Waals surface area (Å²) in [6, 6.07) is 7.56. The molecule has 4 rings (SSSR count). The lowest BCUT2D eigenvalue weighted by Gasteiger charge is -2.00. The van der Waals surface area contributed by atoms with Crippen molar-refractivity contribution in [1.82, 2.24) is 24.9 Å². The third kappa shape index (κ3) is 1.68. The number of H-pyrrole nitrogens is 2. The molecule has 0 bridgehead atoms. The minimum Gasteiger partial charge on any atom is -0.396 e. The third-order valence-electron chi connectivity index (χ3n) is 3.33. The first-order valence-electron chi connectivity index (χ1n) is 6.31. The van der Waals surface area contributed by atoms with Crippen LogP contribution in [-0.4, -0.2) is 24.9 Å². The minimum atomic E-state index is -0.360. The van der Waals surface area contributed by atoms with Gasteiger partial charge >= 0.3 is 0 Å². The number of anilines is 1. The van der Waals surface area contributed by atoms with E-state index in [1.807, 2.05) is 24.3 Å². The molecule has 4 aromatic rings. The zero-order valence-electron chi connectivity index (χ0n) is 10.8. The van der Waals surface area contributed by atoms with Gasteiger partial charge in [0.1, 0.15) is 0 Å². The van der Waals surface area contributed by atoms with Crippen molar-refractivity contribution in [3.05, 3.63) is 47.0 Å². The Bertz CT molecular complexity index is 1030. The van der Waals surface area contributed by atoms with Crippen LogP contribution in [0.15, 0.2) is 41.5 Å². The van der Waals surface area contributed by atoms with E-state index in [1.54, 1.807) is 0 Å². The van der Waals surface area contributed by atoms with E-state index in [1.165, 1.54) is 12.4 Å². The molecule has 102 valence electrons. The SMILES string of the molecule is Nc1c(-c2nc3nccnc3[nH]c2=O)[nH]c2ccccc12. The number of aromatic nitrogens is 5. The fourth-order valence-electron chi connectivity index (χ4n) is 2.34. The van der Waals surface area contributed by atoms with Gasteiger partial charge in [0.05, 0.1) is 11.4 Å². The highest BCUT2D eigenvalue weighted by Crippen LogP contribution is 2.29. The number of fused-ring (bicyclic) bond motifs is 2. The van der Waals surface area contributed by atoms with Crippen molar-refractivity contribution < 1.29 is 0 Å². The lowest BCUT2D eigenvalue weighted by Crippen LogP contribution is -2.13. The Balaban J connectivity index is 2.06. The smallest absolute Gasteiger partial charge is 0.277 e. The van der Waals surface area contributed by atoms with Crippen LogP contribution >= 0.6 is 0 Å². The molecule has 0 atom stereocenters. The first-order valence-corrected chi connectivity index (χ1v) is 6.31. The molecule has 3 aromatic heterocycles. The van der Waals surface area contributed by atoms with Crippen LogP contribution in [0, 0.1) is 0 Å². The first kappa shape index (κ1) is 11.6. The molecular weight excluding hydrogens is 268 g/mol. The first-order chi connectivity index (χ1) is 10.2. The van der Waals surface area contributed by atoms with Gasteiger partial charge in [-0.05, 0) is 6.07 Å². The van der Waals surface area contributed by atoms with Gasteiger partial charge in [-0.3, -0.25) is 4.79 Å². The van der Waals surface area contributed by atoms with Crippen LogP contribution in [0.4, 0.5) is 5.69 Å². The Morgan fingerprint density at radius 2 is 1.86 bits per heavy atom. The standard InChI is InChI=1S/C14H10N6O/c15-9-7-3-1-2-4-8(7)18-10(9)11-14(21)20-13-12(19-11)16-5-6-17-13/h1-6,18H,15H2,(H,17,20,21). The summed E-state index contributed by atoms with van der Waals surface area (Å²) in [4.78, 5) is 30.4. The molecule has 1 aromatic carbocycles. The lowest BCUT2D eigenvalue weighted by atomic mass is 10.2. The van der Waals surface area contributed by atoms with Crippen LogP contribution in [-0.2, 0) is 0 Å². The Kier molecular flexibility index (Phi) is 2.28. The van der Waals surface area contributed by atoms with Gasteiger partial charge in [0.25, 0.3) is 5.56 Å². The number of nitrogens with two attached hydrogens (primary N) is 1. The molecule has 0 radical (unpaired) electrons. The second-order valence-electron chi connectivity index (χ2n) is 4.60. The summed E-state index contributed by atoms with van der Waals surface area (Å²) in [6.45, 7) is 0. The van der Waals surface area contributed by atoms with Crippen molar-refractivity contribution in [2.75, 3.05) is 5.73 Å². The lowest BCUT2D eigenvalue weighted by molar-refractivity contribution is 1.12. The number of nitrogen functional groups attached to an aromatic ring is 1. The molecule has 0 aliphatic rings. The number of para-hydroxylation sites is 1. The van der Waals surface area contributed by atoms with Crippen LogP contribution in [0.5, 0.6) is 0 Å². The molecule has 0 saturated heterocycles. The second kappa shape index (κ2) is 4.14. The molecule has 3 heterocycles. The Labute approximate surface area is 117 Å². The number of rotatable bonds is 1. The van der Waals surface area contributed by atoms with Crippen LogP contribution in [0.25, 0.3) is 33.6 Å². The van der Waals surface area contributed by atoms with E-state index in [9.17, 15) is 4.79 Å². The summed E-state index contributed by atoms with van der Waals surface area (Å²) in [5, 5.41) is 0.855. The fourth-order valence-corrected chi connectivity index (χ4v) is 2.34. The predicted octanol–water partition coefficient (Wildman–Crippen LogP) is 1.44. The molecule has 0 amide bonds. The number of nitrogens with zero attached hydrogens (tertiary/aromatic N) is 3. The van der Waals surface area contributed by atoms with E-state index >= 15 is 0 Å². The Morgan fingerprint density at radius 1 is 1.05 bits per heavy atom. The van der Waals surface area contributed by atoms with Gasteiger partial charge in [-0.2, -0.15) is 0 Å². The molecule has 0 aliphatic carbocycles. The number of nitrogens with one attached hydrogen (secondary N) is 2. The number of benzene rings is 1. The van der Waals surface area contributed by atoms with Gasteiger partial charge in [0, 0.05) is 23.3 Å². The van der Waals surface area contributed by atoms with E-state index < -0.39 is 0 Å². The Hall–Kier alpha value is -3.22. The molecule has 7 nitrogen and oxygen atoms in total. The molecule has 4 N–H and O–H groups in total. The topological polar surface area (TPSA) is 113 Å². The summed E-state index contributed by atoms with van der Waals surface area (Å²) in [7, 11) is 0. The summed E-state index contributed by atoms with van der Waals surface area (Å²) < 4.78 is 0. The third-order valence-corrected chi connectivity index (χ3v) is 3.33. The van der Waals surface area contributed by atoms with Crippen molar-refractivity contribution in [1.29, 1.82) is 0 Å². The van der Waals surface area contributed by atoms with E-state index in [-0.39, 0.29) is 11.3 Å². The quantitative estimate of drug-likeness (QED) is 0.487. The molecule has 0 unspecified atom stereocenters. The molecular formula is C14H10N6O. The van der Waals surface area contributed by atoms with Crippen molar-refractivity contribution in [3.63, 3.8) is 0 Å². The summed E-state index contributed by atoms with van der Waals surface area (Å²) >= 11 is 0. The summed E-state index contributed by atoms with van der Waals surface area (Å²) in [6.07, 6.45) is 3.02. The maximum absolute atomic E-state index is 12.2. The maximum Gasteiger partial charge on any atom is 0.277 e. The minimum absolute atomic E-state index is 0.205. The van der Waals surface area contributed by atoms with Crippen LogP contribution in [0.1, 0.15) is 0 Å². The van der Waals surface area contributed by atoms with E-state index in [2.05, 4.69) is 24.9 Å². The van der Waals surface area contributed by atoms with Crippen LogP contribution in [0.3, 0.4) is 0 Å². The normalized spacial score (nSPS) is 11.2. The van der Waals surface area contributed by atoms with Crippen LogP contribution in [0.2, 0.25) is 0 Å². The van der Waals surface area contributed by atoms with Gasteiger partial charge in [0.15, 0.2) is 17.0 Å². The number of hydrogen-bond acceptors (Lipinski definition) is 5. The van der Waals surface area contributed by atoms with Gasteiger partial charge in [-0.15, -0.1) is 0 Å². The van der Waals surface area contributed by atoms with Gasteiger partial charge in [-0.1, -0.05) is 18.2 Å². The van der Waals surface area contributed by atoms with E-state index in [0.717, 1.165) is 10.9 Å². The zero-order valence-corrected chi connectivity index (χ0v) is 10.8. The molecule has 0 saturated carbocycles. The molecule has 21 heavy (non-hydrogen) atoms. The van der Waals surface area contributed by atoms with Crippen molar-refractivity contribution in [2.24, 2.45) is 0 Å². The number of aromatic amines is 2. The molecule has 7 heteroatoms. The zero-order chi connectivity index (χ0) is 14.4. The highest BCUT2D eigenvalue weighted by atomic mass is 16.1. The average Bonchev–Trinajstić information content (AvgIpc) is 2.84. The van der Waals surface area contributed by atoms with Gasteiger partial charge in [-0.25, -0.2) is 15.0 Å². The van der Waals surface area contributed by atoms with Crippen molar-refractivity contribution >= 4 is 27.9 Å². The molecule has 0 fully saturated rings. The Morgan fingerprint density at radius 3 is 2.71 bits per heavy atom. The average molecular weight is 278 g/mol. The number of hydrogen-bond donors (Lipinski definition) is 3. The highest BCUT2D eigenvalue weighted by molar-refractivity contribution is 5.99. The molecule has 0 spiro atoms. The second-order valence-corrected chi connectivity index (χ2v) is 4.60. The monoisotopic (exact) mass is 278 g/mol. The van der Waals surface area contributed by atoms with Gasteiger partial charge < -0.3 is 15.7 Å². The van der Waals surface area contributed by atoms with Gasteiger partial charge in [0.2, 0.25) is 0 Å². The van der Waals surface area contributed by atoms with Crippen molar-refractivity contribution in [3.8, 4) is 11.4 Å². The van der Waals surface area contributed by atoms with Crippen LogP contribution < -0.4 is 11.3 Å². The van der Waals surface area contributed by atoms with Crippen molar-refractivity contribution in [2.45, 2.75) is 0 Å².